The standard InChI is InChI=1S/C16H24ClFN2O/c1-16(2,3)11(8-9-19)4-7-15(21)20-14-10-12(18)5-6-13(14)17/h5-6,10-11H,4,7-9,19H2,1-3H3,(H,20,21). The molecule has 0 aliphatic rings. The molecule has 0 fully saturated rings. The molecule has 3 nitrogen and oxygen atoms in total. The van der Waals surface area contributed by atoms with E-state index in [9.17, 15) is 9.18 Å². The Morgan fingerprint density at radius 1 is 1.38 bits per heavy atom. The van der Waals surface area contributed by atoms with Crippen molar-refractivity contribution in [3.63, 3.8) is 0 Å². The number of amides is 1. The van der Waals surface area contributed by atoms with Crippen molar-refractivity contribution in [1.82, 2.24) is 0 Å². The maximum absolute atomic E-state index is 13.1. The zero-order valence-electron chi connectivity index (χ0n) is 12.9. The highest BCUT2D eigenvalue weighted by Gasteiger charge is 2.24. The fraction of sp³-hybridized carbons (Fsp3) is 0.562. The van der Waals surface area contributed by atoms with E-state index in [0.717, 1.165) is 12.8 Å². The zero-order chi connectivity index (χ0) is 16.0. The van der Waals surface area contributed by atoms with Crippen molar-refractivity contribution in [1.29, 1.82) is 0 Å². The lowest BCUT2D eigenvalue weighted by Crippen LogP contribution is -2.25. The van der Waals surface area contributed by atoms with Gasteiger partial charge in [0, 0.05) is 6.42 Å². The predicted octanol–water partition coefficient (Wildman–Crippen LogP) is 4.21. The van der Waals surface area contributed by atoms with Gasteiger partial charge in [0.15, 0.2) is 0 Å². The van der Waals surface area contributed by atoms with Crippen molar-refractivity contribution in [2.75, 3.05) is 11.9 Å². The van der Waals surface area contributed by atoms with E-state index in [0.29, 0.717) is 29.6 Å². The second-order valence-corrected chi connectivity index (χ2v) is 6.76. The Hall–Kier alpha value is -1.13. The first kappa shape index (κ1) is 17.9. The number of halogens is 2. The van der Waals surface area contributed by atoms with Gasteiger partial charge in [-0.15, -0.1) is 0 Å². The highest BCUT2D eigenvalue weighted by atomic mass is 35.5. The third-order valence-electron chi connectivity index (χ3n) is 3.66. The molecule has 0 saturated carbocycles. The third kappa shape index (κ3) is 6.02. The minimum Gasteiger partial charge on any atom is -0.330 e. The van der Waals surface area contributed by atoms with Crippen molar-refractivity contribution < 1.29 is 9.18 Å². The number of anilines is 1. The van der Waals surface area contributed by atoms with Crippen LogP contribution in [-0.2, 0) is 4.79 Å². The minimum atomic E-state index is -0.426. The zero-order valence-corrected chi connectivity index (χ0v) is 13.6. The first-order valence-corrected chi connectivity index (χ1v) is 7.57. The maximum atomic E-state index is 13.1. The fourth-order valence-electron chi connectivity index (χ4n) is 2.32. The summed E-state index contributed by atoms with van der Waals surface area (Å²) in [6.45, 7) is 7.05. The lowest BCUT2D eigenvalue weighted by Gasteiger charge is -2.30. The van der Waals surface area contributed by atoms with Crippen molar-refractivity contribution in [2.24, 2.45) is 17.1 Å². The summed E-state index contributed by atoms with van der Waals surface area (Å²) in [5, 5.41) is 2.99. The average molecular weight is 315 g/mol. The van der Waals surface area contributed by atoms with Crippen molar-refractivity contribution in [3.8, 4) is 0 Å². The number of carbonyl (C=O) groups is 1. The number of hydrogen-bond acceptors (Lipinski definition) is 2. The van der Waals surface area contributed by atoms with E-state index in [4.69, 9.17) is 17.3 Å². The number of carbonyl (C=O) groups excluding carboxylic acids is 1. The second-order valence-electron chi connectivity index (χ2n) is 6.35. The van der Waals surface area contributed by atoms with E-state index >= 15 is 0 Å². The summed E-state index contributed by atoms with van der Waals surface area (Å²) in [4.78, 5) is 12.0. The van der Waals surface area contributed by atoms with E-state index in [2.05, 4.69) is 26.1 Å². The molecule has 1 rings (SSSR count). The van der Waals surface area contributed by atoms with Gasteiger partial charge in [-0.25, -0.2) is 4.39 Å². The Morgan fingerprint density at radius 3 is 2.62 bits per heavy atom. The van der Waals surface area contributed by atoms with Gasteiger partial charge in [-0.2, -0.15) is 0 Å². The van der Waals surface area contributed by atoms with Gasteiger partial charge in [-0.05, 0) is 48.9 Å². The van der Waals surface area contributed by atoms with Crippen LogP contribution in [0.15, 0.2) is 18.2 Å². The molecule has 1 aromatic rings. The van der Waals surface area contributed by atoms with Crippen LogP contribution >= 0.6 is 11.6 Å². The molecule has 3 N–H and O–H groups in total. The first-order valence-electron chi connectivity index (χ1n) is 7.19. The molecule has 1 aromatic carbocycles. The smallest absolute Gasteiger partial charge is 0.224 e. The number of rotatable bonds is 6. The van der Waals surface area contributed by atoms with E-state index in [1.807, 2.05) is 0 Å². The number of hydrogen-bond donors (Lipinski definition) is 2. The topological polar surface area (TPSA) is 55.1 Å². The summed E-state index contributed by atoms with van der Waals surface area (Å²) in [5.74, 6) is -0.213. The molecule has 0 radical (unpaired) electrons. The molecular weight excluding hydrogens is 291 g/mol. The average Bonchev–Trinajstić information content (AvgIpc) is 2.37. The normalized spacial score (nSPS) is 13.0. The summed E-state index contributed by atoms with van der Waals surface area (Å²) >= 11 is 5.93. The molecule has 1 unspecified atom stereocenters. The van der Waals surface area contributed by atoms with Crippen LogP contribution in [0.25, 0.3) is 0 Å². The molecule has 0 bridgehead atoms. The Balaban J connectivity index is 2.59. The highest BCUT2D eigenvalue weighted by molar-refractivity contribution is 6.33. The summed E-state index contributed by atoms with van der Waals surface area (Å²) in [5.41, 5.74) is 6.05. The van der Waals surface area contributed by atoms with Crippen molar-refractivity contribution >= 4 is 23.2 Å². The van der Waals surface area contributed by atoms with Crippen LogP contribution in [-0.4, -0.2) is 12.5 Å². The van der Waals surface area contributed by atoms with E-state index in [1.54, 1.807) is 0 Å². The molecular formula is C16H24ClFN2O. The lowest BCUT2D eigenvalue weighted by atomic mass is 9.76. The van der Waals surface area contributed by atoms with Gasteiger partial charge in [-0.1, -0.05) is 32.4 Å². The molecule has 0 aliphatic carbocycles. The largest absolute Gasteiger partial charge is 0.330 e. The van der Waals surface area contributed by atoms with E-state index < -0.39 is 5.82 Å². The van der Waals surface area contributed by atoms with E-state index in [-0.39, 0.29) is 11.3 Å². The Bertz CT molecular complexity index is 486. The fourth-order valence-corrected chi connectivity index (χ4v) is 2.49. The molecule has 0 saturated heterocycles. The third-order valence-corrected chi connectivity index (χ3v) is 3.99. The lowest BCUT2D eigenvalue weighted by molar-refractivity contribution is -0.116. The molecule has 5 heteroatoms. The summed E-state index contributed by atoms with van der Waals surface area (Å²) in [6.07, 6.45) is 2.01. The second kappa shape index (κ2) is 7.76. The summed E-state index contributed by atoms with van der Waals surface area (Å²) < 4.78 is 13.1. The van der Waals surface area contributed by atoms with Crippen LogP contribution in [0.2, 0.25) is 5.02 Å². The van der Waals surface area contributed by atoms with Crippen LogP contribution < -0.4 is 11.1 Å². The number of nitrogens with one attached hydrogen (secondary N) is 1. The van der Waals surface area contributed by atoms with Crippen molar-refractivity contribution in [2.45, 2.75) is 40.0 Å². The number of benzene rings is 1. The molecule has 0 heterocycles. The van der Waals surface area contributed by atoms with Gasteiger partial charge in [0.1, 0.15) is 5.82 Å². The SMILES string of the molecule is CC(C)(C)C(CCN)CCC(=O)Nc1cc(F)ccc1Cl. The number of nitrogens with two attached hydrogens (primary N) is 1. The molecule has 0 spiro atoms. The molecule has 0 aliphatic heterocycles. The van der Waals surface area contributed by atoms with Crippen molar-refractivity contribution in [3.05, 3.63) is 29.0 Å². The van der Waals surface area contributed by atoms with Gasteiger partial charge >= 0.3 is 0 Å². The van der Waals surface area contributed by atoms with Crippen LogP contribution in [0.4, 0.5) is 10.1 Å². The van der Waals surface area contributed by atoms with Gasteiger partial charge in [0.2, 0.25) is 5.91 Å². The predicted molar refractivity (Wildman–Crippen MR) is 85.9 cm³/mol. The summed E-state index contributed by atoms with van der Waals surface area (Å²) in [7, 11) is 0. The molecule has 1 amide bonds. The quantitative estimate of drug-likeness (QED) is 0.826. The van der Waals surface area contributed by atoms with Gasteiger partial charge < -0.3 is 11.1 Å². The molecule has 21 heavy (non-hydrogen) atoms. The maximum Gasteiger partial charge on any atom is 0.224 e. The Morgan fingerprint density at radius 2 is 2.05 bits per heavy atom. The van der Waals surface area contributed by atoms with Crippen LogP contribution in [0.1, 0.15) is 40.0 Å². The van der Waals surface area contributed by atoms with Crippen LogP contribution in [0, 0.1) is 17.2 Å². The van der Waals surface area contributed by atoms with Gasteiger partial charge in [0.25, 0.3) is 0 Å². The minimum absolute atomic E-state index is 0.107. The van der Waals surface area contributed by atoms with Gasteiger partial charge in [-0.3, -0.25) is 4.79 Å². The Labute approximate surface area is 131 Å². The highest BCUT2D eigenvalue weighted by Crippen LogP contribution is 2.32. The van der Waals surface area contributed by atoms with E-state index in [1.165, 1.54) is 18.2 Å². The van der Waals surface area contributed by atoms with Gasteiger partial charge in [0.05, 0.1) is 10.7 Å². The van der Waals surface area contributed by atoms with Crippen LogP contribution in [0.5, 0.6) is 0 Å². The summed E-state index contributed by atoms with van der Waals surface area (Å²) in [6, 6.07) is 3.91. The first-order chi connectivity index (χ1) is 9.74. The molecule has 0 aromatic heterocycles. The Kier molecular flexibility index (Phi) is 6.62. The van der Waals surface area contributed by atoms with Crippen LogP contribution in [0.3, 0.4) is 0 Å². The molecule has 1 atom stereocenters. The molecule has 118 valence electrons. The monoisotopic (exact) mass is 314 g/mol.